The van der Waals surface area contributed by atoms with Crippen molar-refractivity contribution in [1.29, 1.82) is 0 Å². The van der Waals surface area contributed by atoms with Crippen molar-refractivity contribution in [2.75, 3.05) is 11.4 Å². The Kier molecular flexibility index (Phi) is 3.88. The second kappa shape index (κ2) is 5.98. The van der Waals surface area contributed by atoms with Crippen LogP contribution < -0.4 is 4.90 Å². The lowest BCUT2D eigenvalue weighted by Gasteiger charge is -2.22. The van der Waals surface area contributed by atoms with Gasteiger partial charge in [-0.1, -0.05) is 36.4 Å². The van der Waals surface area contributed by atoms with Crippen molar-refractivity contribution >= 4 is 22.5 Å². The molecule has 1 heterocycles. The number of amides is 1. The van der Waals surface area contributed by atoms with E-state index in [0.29, 0.717) is 12.1 Å². The van der Waals surface area contributed by atoms with Crippen molar-refractivity contribution in [2.24, 2.45) is 0 Å². The van der Waals surface area contributed by atoms with Crippen LogP contribution in [0.15, 0.2) is 60.7 Å². The maximum absolute atomic E-state index is 13.0. The van der Waals surface area contributed by atoms with Gasteiger partial charge in [-0.05, 0) is 38.1 Å². The summed E-state index contributed by atoms with van der Waals surface area (Å²) in [4.78, 5) is 19.3. The molecule has 0 bridgehead atoms. The number of para-hydroxylation sites is 2. The molecule has 1 amide bonds. The minimum absolute atomic E-state index is 0.00963. The molecule has 0 spiro atoms. The van der Waals surface area contributed by atoms with E-state index in [1.165, 1.54) is 0 Å². The molecule has 0 saturated carbocycles. The average molecular weight is 290 g/mol. The lowest BCUT2D eigenvalue weighted by atomic mass is 10.1. The quantitative estimate of drug-likeness (QED) is 0.724. The van der Waals surface area contributed by atoms with Crippen LogP contribution in [0.4, 0.5) is 5.69 Å². The zero-order chi connectivity index (χ0) is 15.5. The van der Waals surface area contributed by atoms with Gasteiger partial charge in [0.1, 0.15) is 0 Å². The van der Waals surface area contributed by atoms with Gasteiger partial charge in [0.05, 0.1) is 11.1 Å². The van der Waals surface area contributed by atoms with Crippen molar-refractivity contribution in [3.8, 4) is 0 Å². The van der Waals surface area contributed by atoms with E-state index < -0.39 is 0 Å². The topological polar surface area (TPSA) is 33.2 Å². The summed E-state index contributed by atoms with van der Waals surface area (Å²) in [6.07, 6.45) is 0. The molecule has 0 unspecified atom stereocenters. The van der Waals surface area contributed by atoms with E-state index >= 15 is 0 Å². The Bertz CT molecular complexity index is 812. The average Bonchev–Trinajstić information content (AvgIpc) is 2.55. The summed E-state index contributed by atoms with van der Waals surface area (Å²) in [6, 6.07) is 19.4. The van der Waals surface area contributed by atoms with Crippen LogP contribution in [0.25, 0.3) is 10.9 Å². The number of aromatic nitrogens is 1. The molecule has 110 valence electrons. The highest BCUT2D eigenvalue weighted by Crippen LogP contribution is 2.23. The lowest BCUT2D eigenvalue weighted by Crippen LogP contribution is -2.30. The Labute approximate surface area is 130 Å². The zero-order valence-electron chi connectivity index (χ0n) is 12.8. The summed E-state index contributed by atoms with van der Waals surface area (Å²) < 4.78 is 0. The molecule has 1 aromatic heterocycles. The largest absolute Gasteiger partial charge is 0.309 e. The molecular formula is C19H18N2O. The van der Waals surface area contributed by atoms with Crippen LogP contribution >= 0.6 is 0 Å². The lowest BCUT2D eigenvalue weighted by molar-refractivity contribution is 0.0989. The molecule has 0 saturated heterocycles. The molecule has 0 aliphatic rings. The fourth-order valence-electron chi connectivity index (χ4n) is 2.68. The second-order valence-electron chi connectivity index (χ2n) is 5.21. The first-order valence-corrected chi connectivity index (χ1v) is 7.44. The number of pyridine rings is 1. The number of carbonyl (C=O) groups is 1. The van der Waals surface area contributed by atoms with Crippen LogP contribution in [-0.4, -0.2) is 17.4 Å². The molecule has 22 heavy (non-hydrogen) atoms. The third-order valence-corrected chi connectivity index (χ3v) is 3.70. The molecule has 0 aliphatic carbocycles. The van der Waals surface area contributed by atoms with Crippen molar-refractivity contribution in [3.05, 3.63) is 71.9 Å². The highest BCUT2D eigenvalue weighted by atomic mass is 16.2. The molecule has 0 aliphatic heterocycles. The first-order valence-electron chi connectivity index (χ1n) is 7.44. The summed E-state index contributed by atoms with van der Waals surface area (Å²) in [6.45, 7) is 4.53. The van der Waals surface area contributed by atoms with E-state index in [4.69, 9.17) is 0 Å². The van der Waals surface area contributed by atoms with Crippen LogP contribution in [0.5, 0.6) is 0 Å². The van der Waals surface area contributed by atoms with Gasteiger partial charge in [-0.25, -0.2) is 0 Å². The minimum atomic E-state index is 0.00963. The van der Waals surface area contributed by atoms with E-state index in [-0.39, 0.29) is 5.91 Å². The fourth-order valence-corrected chi connectivity index (χ4v) is 2.68. The number of hydrogen-bond acceptors (Lipinski definition) is 2. The number of rotatable bonds is 3. The van der Waals surface area contributed by atoms with Gasteiger partial charge in [0.15, 0.2) is 0 Å². The minimum Gasteiger partial charge on any atom is -0.309 e. The molecule has 0 fully saturated rings. The maximum Gasteiger partial charge on any atom is 0.259 e. The van der Waals surface area contributed by atoms with Gasteiger partial charge < -0.3 is 4.90 Å². The van der Waals surface area contributed by atoms with E-state index in [9.17, 15) is 4.79 Å². The Morgan fingerprint density at radius 2 is 1.73 bits per heavy atom. The monoisotopic (exact) mass is 290 g/mol. The highest BCUT2D eigenvalue weighted by Gasteiger charge is 2.19. The van der Waals surface area contributed by atoms with E-state index in [1.807, 2.05) is 74.5 Å². The van der Waals surface area contributed by atoms with E-state index in [2.05, 4.69) is 4.98 Å². The van der Waals surface area contributed by atoms with Crippen molar-refractivity contribution < 1.29 is 4.79 Å². The summed E-state index contributed by atoms with van der Waals surface area (Å²) in [7, 11) is 0. The van der Waals surface area contributed by atoms with Crippen LogP contribution in [0, 0.1) is 6.92 Å². The standard InChI is InChI=1S/C19H18N2O/c1-3-21(15-9-5-4-6-10-15)19(22)17-13-14(2)20-18-12-8-7-11-16(17)18/h4-13H,3H2,1-2H3. The van der Waals surface area contributed by atoms with Crippen LogP contribution in [0.3, 0.4) is 0 Å². The number of nitrogens with zero attached hydrogens (tertiary/aromatic N) is 2. The molecule has 3 heteroatoms. The first-order chi connectivity index (χ1) is 10.7. The third-order valence-electron chi connectivity index (χ3n) is 3.70. The van der Waals surface area contributed by atoms with Gasteiger partial charge in [0, 0.05) is 23.3 Å². The van der Waals surface area contributed by atoms with Crippen molar-refractivity contribution in [2.45, 2.75) is 13.8 Å². The first kappa shape index (κ1) is 14.3. The van der Waals surface area contributed by atoms with Crippen molar-refractivity contribution in [3.63, 3.8) is 0 Å². The van der Waals surface area contributed by atoms with Gasteiger partial charge >= 0.3 is 0 Å². The van der Waals surface area contributed by atoms with Gasteiger partial charge in [-0.15, -0.1) is 0 Å². The summed E-state index contributed by atoms with van der Waals surface area (Å²) in [5, 5.41) is 0.896. The fraction of sp³-hybridized carbons (Fsp3) is 0.158. The van der Waals surface area contributed by atoms with Gasteiger partial charge in [0.2, 0.25) is 0 Å². The maximum atomic E-state index is 13.0. The smallest absolute Gasteiger partial charge is 0.259 e. The zero-order valence-corrected chi connectivity index (χ0v) is 12.8. The number of aryl methyl sites for hydroxylation is 1. The predicted molar refractivity (Wildman–Crippen MR) is 90.3 cm³/mol. The van der Waals surface area contributed by atoms with E-state index in [1.54, 1.807) is 4.90 Å². The predicted octanol–water partition coefficient (Wildman–Crippen LogP) is 4.21. The molecule has 0 N–H and O–H groups in total. The van der Waals surface area contributed by atoms with Crippen molar-refractivity contribution in [1.82, 2.24) is 4.98 Å². The second-order valence-corrected chi connectivity index (χ2v) is 5.21. The molecule has 0 atom stereocenters. The number of hydrogen-bond donors (Lipinski definition) is 0. The SMILES string of the molecule is CCN(C(=O)c1cc(C)nc2ccccc12)c1ccccc1. The number of benzene rings is 2. The van der Waals surface area contributed by atoms with Crippen LogP contribution in [0.1, 0.15) is 23.0 Å². The molecule has 3 rings (SSSR count). The number of carbonyl (C=O) groups excluding carboxylic acids is 1. The Morgan fingerprint density at radius 1 is 1.05 bits per heavy atom. The van der Waals surface area contributed by atoms with Crippen LogP contribution in [0.2, 0.25) is 0 Å². The number of fused-ring (bicyclic) bond motifs is 1. The molecule has 2 aromatic carbocycles. The van der Waals surface area contributed by atoms with Gasteiger partial charge in [-0.2, -0.15) is 0 Å². The molecule has 0 radical (unpaired) electrons. The Balaban J connectivity index is 2.12. The highest BCUT2D eigenvalue weighted by molar-refractivity contribution is 6.13. The summed E-state index contributed by atoms with van der Waals surface area (Å²) in [5.74, 6) is 0.00963. The Hall–Kier alpha value is -2.68. The van der Waals surface area contributed by atoms with Gasteiger partial charge in [-0.3, -0.25) is 9.78 Å². The number of anilines is 1. The normalized spacial score (nSPS) is 10.6. The summed E-state index contributed by atoms with van der Waals surface area (Å²) in [5.41, 5.74) is 3.32. The molecule has 3 nitrogen and oxygen atoms in total. The Morgan fingerprint density at radius 3 is 2.45 bits per heavy atom. The third kappa shape index (κ3) is 2.58. The molecule has 3 aromatic rings. The van der Waals surface area contributed by atoms with Gasteiger partial charge in [0.25, 0.3) is 5.91 Å². The van der Waals surface area contributed by atoms with E-state index in [0.717, 1.165) is 22.3 Å². The van der Waals surface area contributed by atoms with Crippen LogP contribution in [-0.2, 0) is 0 Å². The molecular weight excluding hydrogens is 272 g/mol. The summed E-state index contributed by atoms with van der Waals surface area (Å²) >= 11 is 0.